The van der Waals surface area contributed by atoms with Crippen molar-refractivity contribution in [1.29, 1.82) is 5.26 Å². The van der Waals surface area contributed by atoms with Gasteiger partial charge in [0.2, 0.25) is 0 Å². The van der Waals surface area contributed by atoms with Crippen molar-refractivity contribution in [1.82, 2.24) is 4.98 Å². The van der Waals surface area contributed by atoms with E-state index in [9.17, 15) is 0 Å². The van der Waals surface area contributed by atoms with Crippen molar-refractivity contribution in [3.63, 3.8) is 0 Å². The maximum Gasteiger partial charge on any atom is 0.0857 e. The maximum atomic E-state index is 8.28. The zero-order chi connectivity index (χ0) is 9.68. The van der Waals surface area contributed by atoms with Gasteiger partial charge in [-0.25, -0.2) is 0 Å². The molecule has 0 saturated heterocycles. The molecule has 3 nitrogen and oxygen atoms in total. The van der Waals surface area contributed by atoms with Crippen LogP contribution in [0.1, 0.15) is 12.1 Å². The van der Waals surface area contributed by atoms with Gasteiger partial charge in [0.1, 0.15) is 0 Å². The van der Waals surface area contributed by atoms with Gasteiger partial charge in [0, 0.05) is 6.20 Å². The Hall–Kier alpha value is -1.53. The third-order valence-electron chi connectivity index (χ3n) is 1.40. The smallest absolute Gasteiger partial charge is 0.0857 e. The van der Waals surface area contributed by atoms with Crippen LogP contribution in [0.4, 0.5) is 5.69 Å². The summed E-state index contributed by atoms with van der Waals surface area (Å²) in [6.45, 7) is 0. The van der Waals surface area contributed by atoms with Crippen LogP contribution in [-0.2, 0) is 0 Å². The van der Waals surface area contributed by atoms with E-state index >= 15 is 0 Å². The fraction of sp³-hybridized carbons (Fsp3) is 0.111. The highest BCUT2D eigenvalue weighted by Gasteiger charge is 1.96. The molecule has 0 spiro atoms. The lowest BCUT2D eigenvalue weighted by atomic mass is 10.2. The van der Waals surface area contributed by atoms with Crippen molar-refractivity contribution in [3.05, 3.63) is 29.1 Å². The molecule has 0 aromatic carbocycles. The van der Waals surface area contributed by atoms with E-state index in [4.69, 9.17) is 22.6 Å². The number of aromatic nitrogens is 1. The molecule has 0 bridgehead atoms. The van der Waals surface area contributed by atoms with E-state index in [1.807, 2.05) is 6.07 Å². The molecule has 1 rings (SSSR count). The van der Waals surface area contributed by atoms with E-state index in [-0.39, 0.29) is 0 Å². The summed E-state index contributed by atoms with van der Waals surface area (Å²) < 4.78 is 0. The topological polar surface area (TPSA) is 62.7 Å². The average Bonchev–Trinajstić information content (AvgIpc) is 2.09. The number of rotatable bonds is 2. The summed E-state index contributed by atoms with van der Waals surface area (Å²) in [5.74, 6) is 0. The number of halogens is 1. The minimum absolute atomic E-state index is 0.351. The highest BCUT2D eigenvalue weighted by molar-refractivity contribution is 6.30. The number of hydrogen-bond donors (Lipinski definition) is 1. The first kappa shape index (κ1) is 9.56. The second-order valence-corrected chi connectivity index (χ2v) is 2.83. The molecule has 1 heterocycles. The molecule has 0 aliphatic heterocycles. The third-order valence-corrected chi connectivity index (χ3v) is 1.61. The molecule has 66 valence electrons. The number of anilines is 1. The Balaban J connectivity index is 2.85. The number of nitrogens with zero attached hydrogens (tertiary/aromatic N) is 2. The normalized spacial score (nSPS) is 10.2. The Labute approximate surface area is 81.5 Å². The van der Waals surface area contributed by atoms with Gasteiger partial charge < -0.3 is 5.73 Å². The molecule has 1 aromatic rings. The van der Waals surface area contributed by atoms with Gasteiger partial charge in [-0.15, -0.1) is 0 Å². The van der Waals surface area contributed by atoms with Crippen LogP contribution in [0.2, 0.25) is 5.02 Å². The summed E-state index contributed by atoms with van der Waals surface area (Å²) in [6, 6.07) is 3.61. The molecule has 0 unspecified atom stereocenters. The maximum absolute atomic E-state index is 8.28. The number of hydrogen-bond acceptors (Lipinski definition) is 3. The number of nitrogens with two attached hydrogens (primary N) is 1. The van der Waals surface area contributed by atoms with E-state index in [0.717, 1.165) is 0 Å². The molecule has 2 N–H and O–H groups in total. The molecule has 4 heteroatoms. The Morgan fingerprint density at radius 1 is 1.69 bits per heavy atom. The van der Waals surface area contributed by atoms with Gasteiger partial charge in [0.15, 0.2) is 0 Å². The zero-order valence-electron chi connectivity index (χ0n) is 6.87. The van der Waals surface area contributed by atoms with Gasteiger partial charge in [-0.1, -0.05) is 17.7 Å². The zero-order valence-corrected chi connectivity index (χ0v) is 7.62. The van der Waals surface area contributed by atoms with Crippen molar-refractivity contribution in [3.8, 4) is 6.07 Å². The summed E-state index contributed by atoms with van der Waals surface area (Å²) in [5.41, 5.74) is 6.78. The molecule has 0 saturated carbocycles. The van der Waals surface area contributed by atoms with Crippen LogP contribution in [0.5, 0.6) is 0 Å². The van der Waals surface area contributed by atoms with E-state index in [2.05, 4.69) is 4.98 Å². The third kappa shape index (κ3) is 2.77. The summed E-state index contributed by atoms with van der Waals surface area (Å²) in [6.07, 6.45) is 5.27. The Morgan fingerprint density at radius 3 is 3.08 bits per heavy atom. The van der Waals surface area contributed by atoms with Crippen molar-refractivity contribution in [2.24, 2.45) is 0 Å². The van der Waals surface area contributed by atoms with Crippen LogP contribution in [0.25, 0.3) is 6.08 Å². The van der Waals surface area contributed by atoms with Crippen molar-refractivity contribution < 1.29 is 0 Å². The van der Waals surface area contributed by atoms with Crippen LogP contribution in [-0.4, -0.2) is 4.98 Å². The monoisotopic (exact) mass is 193 g/mol. The first-order chi connectivity index (χ1) is 6.24. The molecule has 1 aromatic heterocycles. The molecule has 0 atom stereocenters. The van der Waals surface area contributed by atoms with Crippen LogP contribution in [0.15, 0.2) is 18.3 Å². The molecule has 0 fully saturated rings. The van der Waals surface area contributed by atoms with Crippen LogP contribution in [0.3, 0.4) is 0 Å². The lowest BCUT2D eigenvalue weighted by molar-refractivity contribution is 1.29. The largest absolute Gasteiger partial charge is 0.397 e. The van der Waals surface area contributed by atoms with Gasteiger partial charge >= 0.3 is 0 Å². The molecule has 13 heavy (non-hydrogen) atoms. The predicted octanol–water partition coefficient (Wildman–Crippen LogP) is 2.24. The van der Waals surface area contributed by atoms with Gasteiger partial charge in [-0.05, 0) is 12.1 Å². The van der Waals surface area contributed by atoms with Crippen LogP contribution in [0, 0.1) is 11.3 Å². The number of nitrogen functional groups attached to an aromatic ring is 1. The molecule has 0 radical (unpaired) electrons. The van der Waals surface area contributed by atoms with E-state index in [1.165, 1.54) is 6.20 Å². The average molecular weight is 194 g/mol. The number of nitriles is 1. The number of pyridine rings is 1. The van der Waals surface area contributed by atoms with E-state index < -0.39 is 0 Å². The lowest BCUT2D eigenvalue weighted by Crippen LogP contribution is -1.91. The van der Waals surface area contributed by atoms with Crippen LogP contribution < -0.4 is 5.73 Å². The summed E-state index contributed by atoms with van der Waals surface area (Å²) in [7, 11) is 0. The summed E-state index contributed by atoms with van der Waals surface area (Å²) >= 11 is 5.66. The van der Waals surface area contributed by atoms with Gasteiger partial charge in [0.25, 0.3) is 0 Å². The minimum atomic E-state index is 0.351. The fourth-order valence-electron chi connectivity index (χ4n) is 0.828. The summed E-state index contributed by atoms with van der Waals surface area (Å²) in [4.78, 5) is 4.00. The van der Waals surface area contributed by atoms with Gasteiger partial charge in [-0.3, -0.25) is 4.98 Å². The van der Waals surface area contributed by atoms with Gasteiger partial charge in [-0.2, -0.15) is 5.26 Å². The molecule has 0 amide bonds. The van der Waals surface area contributed by atoms with Crippen molar-refractivity contribution in [2.45, 2.75) is 6.42 Å². The van der Waals surface area contributed by atoms with E-state index in [1.54, 1.807) is 18.2 Å². The highest BCUT2D eigenvalue weighted by Crippen LogP contribution is 2.16. The second kappa shape index (κ2) is 4.48. The molecular formula is C9H8ClN3. The summed E-state index contributed by atoms with van der Waals surface area (Å²) in [5, 5.41) is 8.79. The number of allylic oxidation sites excluding steroid dienone is 1. The van der Waals surface area contributed by atoms with Crippen molar-refractivity contribution >= 4 is 23.4 Å². The van der Waals surface area contributed by atoms with Crippen molar-refractivity contribution in [2.75, 3.05) is 5.73 Å². The fourth-order valence-corrected chi connectivity index (χ4v) is 0.994. The SMILES string of the molecule is N#CCC=Cc1ncc(Cl)cc1N. The first-order valence-electron chi connectivity index (χ1n) is 3.68. The molecule has 0 aliphatic rings. The Bertz CT molecular complexity index is 366. The Kier molecular flexibility index (Phi) is 3.30. The standard InChI is InChI=1S/C9H8ClN3/c10-7-5-8(12)9(13-6-7)3-1-2-4-11/h1,3,5-6H,2,12H2. The highest BCUT2D eigenvalue weighted by atomic mass is 35.5. The lowest BCUT2D eigenvalue weighted by Gasteiger charge is -1.98. The quantitative estimate of drug-likeness (QED) is 0.784. The van der Waals surface area contributed by atoms with Gasteiger partial charge in [0.05, 0.1) is 28.9 Å². The minimum Gasteiger partial charge on any atom is -0.397 e. The molecule has 0 aliphatic carbocycles. The predicted molar refractivity (Wildman–Crippen MR) is 52.9 cm³/mol. The Morgan fingerprint density at radius 2 is 2.46 bits per heavy atom. The first-order valence-corrected chi connectivity index (χ1v) is 4.06. The van der Waals surface area contributed by atoms with Crippen LogP contribution >= 0.6 is 11.6 Å². The molecular weight excluding hydrogens is 186 g/mol. The second-order valence-electron chi connectivity index (χ2n) is 2.39. The van der Waals surface area contributed by atoms with E-state index in [0.29, 0.717) is 22.8 Å².